The molecule has 3 aromatic rings. The predicted molar refractivity (Wildman–Crippen MR) is 142 cm³/mol. The first kappa shape index (κ1) is 25.4. The van der Waals surface area contributed by atoms with Crippen molar-refractivity contribution in [2.75, 3.05) is 37.8 Å². The average molecular weight is 523 g/mol. The smallest absolute Gasteiger partial charge is 0.233 e. The number of piperidine rings is 1. The second kappa shape index (κ2) is 10.2. The number of amides is 1. The quantitative estimate of drug-likeness (QED) is 0.398. The molecule has 3 aromatic heterocycles. The third kappa shape index (κ3) is 4.51. The highest BCUT2D eigenvalue weighted by atomic mass is 32.2. The van der Waals surface area contributed by atoms with Gasteiger partial charge in [-0.15, -0.1) is 11.8 Å². The predicted octanol–water partition coefficient (Wildman–Crippen LogP) is 2.36. The van der Waals surface area contributed by atoms with Gasteiger partial charge in [0.25, 0.3) is 0 Å². The minimum absolute atomic E-state index is 0.0823. The lowest BCUT2D eigenvalue weighted by Crippen LogP contribution is -2.49. The zero-order chi connectivity index (χ0) is 26.2. The van der Waals surface area contributed by atoms with Crippen molar-refractivity contribution in [2.45, 2.75) is 32.1 Å². The van der Waals surface area contributed by atoms with E-state index < -0.39 is 18.6 Å². The Balaban J connectivity index is 1.44. The van der Waals surface area contributed by atoms with Gasteiger partial charge in [-0.25, -0.2) is 4.98 Å². The van der Waals surface area contributed by atoms with Gasteiger partial charge >= 0.3 is 0 Å². The van der Waals surface area contributed by atoms with E-state index >= 15 is 0 Å². The fourth-order valence-electron chi connectivity index (χ4n) is 4.92. The second-order valence-corrected chi connectivity index (χ2v) is 10.8. The zero-order valence-corrected chi connectivity index (χ0v) is 21.4. The maximum Gasteiger partial charge on any atom is 0.233 e. The Hall–Kier alpha value is -3.28. The van der Waals surface area contributed by atoms with E-state index in [4.69, 9.17) is 10.7 Å². The van der Waals surface area contributed by atoms with E-state index in [1.807, 2.05) is 18.3 Å². The van der Waals surface area contributed by atoms with Gasteiger partial charge < -0.3 is 20.8 Å². The largest absolute Gasteiger partial charge is 0.395 e. The van der Waals surface area contributed by atoms with Crippen molar-refractivity contribution < 1.29 is 19.8 Å². The van der Waals surface area contributed by atoms with Gasteiger partial charge in [0.1, 0.15) is 5.82 Å². The molecule has 0 unspecified atom stereocenters. The molecule has 11 heteroatoms. The third-order valence-electron chi connectivity index (χ3n) is 7.37. The van der Waals surface area contributed by atoms with Crippen LogP contribution in [0.1, 0.15) is 53.8 Å². The Kier molecular flexibility index (Phi) is 7.02. The maximum atomic E-state index is 12.8. The van der Waals surface area contributed by atoms with Gasteiger partial charge in [-0.05, 0) is 43.2 Å². The molecule has 37 heavy (non-hydrogen) atoms. The number of nitrogens with zero attached hydrogens (tertiary/aromatic N) is 5. The maximum absolute atomic E-state index is 12.8. The molecule has 1 fully saturated rings. The molecule has 1 amide bonds. The number of rotatable bonds is 7. The number of aliphatic hydroxyl groups is 2. The summed E-state index contributed by atoms with van der Waals surface area (Å²) in [6.07, 6.45) is 6.38. The summed E-state index contributed by atoms with van der Waals surface area (Å²) in [6, 6.07) is 4.00. The SMILES string of the molecule is CC(CO)(CO)C(=O)N1CCC(c2nc3c(-c4ccc(C5=CSCC5)nc4)cnn3c(N)c2C=O)CC1. The fourth-order valence-corrected chi connectivity index (χ4v) is 5.82. The van der Waals surface area contributed by atoms with Crippen LogP contribution in [0.15, 0.2) is 29.9 Å². The topological polar surface area (TPSA) is 147 Å². The van der Waals surface area contributed by atoms with Gasteiger partial charge in [-0.1, -0.05) is 6.07 Å². The number of likely N-dealkylation sites (tertiary alicyclic amines) is 1. The Bertz CT molecular complexity index is 1360. The standard InChI is InChI=1S/C26H30N6O4S/c1-26(14-34,15-35)25(36)31-7-4-16(5-8-31)22-20(12-33)23(27)32-24(30-22)19(11-29-32)17-2-3-21(28-10-17)18-6-9-37-13-18/h2-3,10-13,16,34-35H,4-9,14-15,27H2,1H3. The van der Waals surface area contributed by atoms with Crippen molar-refractivity contribution in [3.63, 3.8) is 0 Å². The number of anilines is 1. The number of carbonyl (C=O) groups excluding carboxylic acids is 2. The first-order valence-corrected chi connectivity index (χ1v) is 13.4. The van der Waals surface area contributed by atoms with Crippen LogP contribution in [0, 0.1) is 5.41 Å². The van der Waals surface area contributed by atoms with E-state index in [2.05, 4.69) is 15.5 Å². The lowest BCUT2D eigenvalue weighted by atomic mass is 9.87. The monoisotopic (exact) mass is 522 g/mol. The minimum atomic E-state index is -1.22. The van der Waals surface area contributed by atoms with Crippen molar-refractivity contribution in [1.82, 2.24) is 24.5 Å². The average Bonchev–Trinajstić information content (AvgIpc) is 3.63. The number of allylic oxidation sites excluding steroid dienone is 1. The summed E-state index contributed by atoms with van der Waals surface area (Å²) in [4.78, 5) is 36.1. The number of aliphatic hydroxyl groups excluding tert-OH is 2. The van der Waals surface area contributed by atoms with Crippen molar-refractivity contribution >= 4 is 41.0 Å². The Morgan fingerprint density at radius 2 is 2.00 bits per heavy atom. The fraction of sp³-hybridized carbons (Fsp3) is 0.423. The van der Waals surface area contributed by atoms with E-state index in [0.717, 1.165) is 29.0 Å². The number of carbonyl (C=O) groups is 2. The van der Waals surface area contributed by atoms with Crippen LogP contribution in [-0.4, -0.2) is 78.9 Å². The molecule has 5 rings (SSSR count). The molecule has 2 aliphatic heterocycles. The molecular formula is C26H30N6O4S. The Morgan fingerprint density at radius 3 is 2.59 bits per heavy atom. The molecule has 1 saturated heterocycles. The van der Waals surface area contributed by atoms with Crippen LogP contribution < -0.4 is 5.73 Å². The lowest BCUT2D eigenvalue weighted by Gasteiger charge is -2.37. The highest BCUT2D eigenvalue weighted by Crippen LogP contribution is 2.35. The van der Waals surface area contributed by atoms with Gasteiger partial charge in [0, 0.05) is 42.1 Å². The second-order valence-electron chi connectivity index (χ2n) is 9.85. The van der Waals surface area contributed by atoms with Crippen LogP contribution in [-0.2, 0) is 4.79 Å². The number of aromatic nitrogens is 4. The molecule has 4 N–H and O–H groups in total. The van der Waals surface area contributed by atoms with Crippen molar-refractivity contribution in [3.8, 4) is 11.1 Å². The lowest BCUT2D eigenvalue weighted by molar-refractivity contribution is -0.147. The number of pyridine rings is 1. The molecule has 0 bridgehead atoms. The highest BCUT2D eigenvalue weighted by molar-refractivity contribution is 8.02. The van der Waals surface area contributed by atoms with E-state index in [1.54, 1.807) is 29.8 Å². The summed E-state index contributed by atoms with van der Waals surface area (Å²) in [5.74, 6) is 0.940. The number of nitrogens with two attached hydrogens (primary N) is 1. The molecule has 0 spiro atoms. The zero-order valence-electron chi connectivity index (χ0n) is 20.6. The molecule has 0 saturated carbocycles. The van der Waals surface area contributed by atoms with Crippen LogP contribution in [0.2, 0.25) is 0 Å². The summed E-state index contributed by atoms with van der Waals surface area (Å²) in [6.45, 7) is 1.55. The van der Waals surface area contributed by atoms with E-state index in [-0.39, 0.29) is 17.6 Å². The summed E-state index contributed by atoms with van der Waals surface area (Å²) in [7, 11) is 0. The van der Waals surface area contributed by atoms with Crippen molar-refractivity contribution in [2.24, 2.45) is 5.41 Å². The summed E-state index contributed by atoms with van der Waals surface area (Å²) < 4.78 is 1.49. The normalized spacial score (nSPS) is 16.8. The molecule has 0 aliphatic carbocycles. The van der Waals surface area contributed by atoms with Crippen LogP contribution in [0.5, 0.6) is 0 Å². The number of hydrogen-bond acceptors (Lipinski definition) is 9. The van der Waals surface area contributed by atoms with Gasteiger partial charge in [0.15, 0.2) is 11.9 Å². The van der Waals surface area contributed by atoms with Gasteiger partial charge in [-0.2, -0.15) is 9.61 Å². The van der Waals surface area contributed by atoms with Crippen LogP contribution >= 0.6 is 11.8 Å². The minimum Gasteiger partial charge on any atom is -0.395 e. The first-order chi connectivity index (χ1) is 17.9. The van der Waals surface area contributed by atoms with Gasteiger partial charge in [0.05, 0.1) is 41.8 Å². The van der Waals surface area contributed by atoms with Crippen LogP contribution in [0.3, 0.4) is 0 Å². The number of thioether (sulfide) groups is 1. The Labute approximate surface area is 218 Å². The summed E-state index contributed by atoms with van der Waals surface area (Å²) in [5.41, 5.74) is 10.4. The molecule has 5 heterocycles. The molecule has 0 aromatic carbocycles. The van der Waals surface area contributed by atoms with Crippen LogP contribution in [0.25, 0.3) is 22.3 Å². The number of nitrogen functional groups attached to an aromatic ring is 1. The van der Waals surface area contributed by atoms with Crippen LogP contribution in [0.4, 0.5) is 5.82 Å². The van der Waals surface area contributed by atoms with Crippen molar-refractivity contribution in [1.29, 1.82) is 0 Å². The number of aldehydes is 1. The summed E-state index contributed by atoms with van der Waals surface area (Å²) in [5, 5.41) is 25.7. The molecule has 194 valence electrons. The van der Waals surface area contributed by atoms with Gasteiger partial charge in [0.2, 0.25) is 5.91 Å². The number of hydrogen-bond donors (Lipinski definition) is 3. The molecular weight excluding hydrogens is 492 g/mol. The Morgan fingerprint density at radius 1 is 1.24 bits per heavy atom. The van der Waals surface area contributed by atoms with E-state index in [9.17, 15) is 19.8 Å². The molecule has 0 atom stereocenters. The summed E-state index contributed by atoms with van der Waals surface area (Å²) >= 11 is 1.79. The number of fused-ring (bicyclic) bond motifs is 1. The highest BCUT2D eigenvalue weighted by Gasteiger charge is 2.38. The van der Waals surface area contributed by atoms with Crippen molar-refractivity contribution in [3.05, 3.63) is 46.9 Å². The molecule has 10 nitrogen and oxygen atoms in total. The molecule has 2 aliphatic rings. The van der Waals surface area contributed by atoms with E-state index in [0.29, 0.717) is 49.1 Å². The van der Waals surface area contributed by atoms with E-state index in [1.165, 1.54) is 10.1 Å². The molecule has 0 radical (unpaired) electrons. The van der Waals surface area contributed by atoms with Gasteiger partial charge in [-0.3, -0.25) is 14.6 Å². The third-order valence-corrected chi connectivity index (χ3v) is 8.26. The first-order valence-electron chi connectivity index (χ1n) is 12.3.